The number of benzene rings is 2. The predicted molar refractivity (Wildman–Crippen MR) is 104 cm³/mol. The zero-order valence-corrected chi connectivity index (χ0v) is 15.4. The van der Waals surface area contributed by atoms with Gasteiger partial charge in [-0.15, -0.1) is 0 Å². The summed E-state index contributed by atoms with van der Waals surface area (Å²) in [5, 5.41) is 17.7. The van der Waals surface area contributed by atoms with Gasteiger partial charge in [0.1, 0.15) is 6.61 Å². The fourth-order valence-corrected chi connectivity index (χ4v) is 3.02. The lowest BCUT2D eigenvalue weighted by atomic mass is 10.1. The number of rotatable bonds is 6. The Morgan fingerprint density at radius 2 is 1.97 bits per heavy atom. The Labute approximate surface area is 166 Å². The van der Waals surface area contributed by atoms with E-state index in [1.165, 1.54) is 12.1 Å². The standard InChI is InChI=1S/C20H18N4O5/c25-20(9-14-5-7-16(8-6-14)24(26)27)22-15-10-21-23(11-15)12-17-13-28-18-3-1-2-4-19(18)29-17/h1-8,10-11,17H,9,12-13H2,(H,22,25). The minimum Gasteiger partial charge on any atom is -0.486 e. The van der Waals surface area contributed by atoms with Crippen LogP contribution in [-0.4, -0.2) is 33.3 Å². The van der Waals surface area contributed by atoms with Crippen molar-refractivity contribution in [3.63, 3.8) is 0 Å². The van der Waals surface area contributed by atoms with E-state index in [9.17, 15) is 14.9 Å². The molecule has 4 rings (SSSR count). The van der Waals surface area contributed by atoms with Crippen LogP contribution in [0.4, 0.5) is 11.4 Å². The number of nitrogens with zero attached hydrogens (tertiary/aromatic N) is 3. The summed E-state index contributed by atoms with van der Waals surface area (Å²) in [5.74, 6) is 1.19. The van der Waals surface area contributed by atoms with Crippen molar-refractivity contribution in [1.29, 1.82) is 0 Å². The number of nitro benzene ring substituents is 1. The molecular weight excluding hydrogens is 376 g/mol. The highest BCUT2D eigenvalue weighted by molar-refractivity contribution is 5.92. The van der Waals surface area contributed by atoms with Gasteiger partial charge >= 0.3 is 0 Å². The number of carbonyl (C=O) groups is 1. The third-order valence-electron chi connectivity index (χ3n) is 4.39. The number of carbonyl (C=O) groups excluding carboxylic acids is 1. The van der Waals surface area contributed by atoms with Crippen LogP contribution in [0.3, 0.4) is 0 Å². The van der Waals surface area contributed by atoms with Gasteiger partial charge in [-0.1, -0.05) is 24.3 Å². The molecule has 0 saturated heterocycles. The maximum absolute atomic E-state index is 12.2. The molecule has 0 radical (unpaired) electrons. The molecule has 1 aromatic heterocycles. The summed E-state index contributed by atoms with van der Waals surface area (Å²) in [7, 11) is 0. The lowest BCUT2D eigenvalue weighted by Crippen LogP contribution is -2.33. The molecule has 2 heterocycles. The van der Waals surface area contributed by atoms with Crippen molar-refractivity contribution < 1.29 is 19.2 Å². The molecule has 9 heteroatoms. The molecule has 0 fully saturated rings. The summed E-state index contributed by atoms with van der Waals surface area (Å²) in [5.41, 5.74) is 1.24. The van der Waals surface area contributed by atoms with Crippen LogP contribution in [-0.2, 0) is 17.8 Å². The van der Waals surface area contributed by atoms with Crippen LogP contribution in [0.15, 0.2) is 60.9 Å². The maximum Gasteiger partial charge on any atom is 0.269 e. The Morgan fingerprint density at radius 1 is 1.21 bits per heavy atom. The highest BCUT2D eigenvalue weighted by Gasteiger charge is 2.21. The van der Waals surface area contributed by atoms with Crippen molar-refractivity contribution in [2.24, 2.45) is 0 Å². The molecule has 148 valence electrons. The molecule has 1 N–H and O–H groups in total. The highest BCUT2D eigenvalue weighted by Crippen LogP contribution is 2.31. The molecular formula is C20H18N4O5. The van der Waals surface area contributed by atoms with Crippen molar-refractivity contribution in [3.8, 4) is 11.5 Å². The second kappa shape index (κ2) is 8.01. The molecule has 1 unspecified atom stereocenters. The van der Waals surface area contributed by atoms with Crippen LogP contribution in [0.25, 0.3) is 0 Å². The molecule has 1 amide bonds. The summed E-state index contributed by atoms with van der Waals surface area (Å²) in [6.07, 6.45) is 3.20. The Hall–Kier alpha value is -3.88. The Bertz CT molecular complexity index is 1030. The van der Waals surface area contributed by atoms with Crippen molar-refractivity contribution >= 4 is 17.3 Å². The lowest BCUT2D eigenvalue weighted by molar-refractivity contribution is -0.384. The zero-order chi connectivity index (χ0) is 20.2. The third-order valence-corrected chi connectivity index (χ3v) is 4.39. The summed E-state index contributed by atoms with van der Waals surface area (Å²) >= 11 is 0. The van der Waals surface area contributed by atoms with E-state index < -0.39 is 4.92 Å². The van der Waals surface area contributed by atoms with Gasteiger partial charge < -0.3 is 14.8 Å². The van der Waals surface area contributed by atoms with Gasteiger partial charge in [0, 0.05) is 18.3 Å². The van der Waals surface area contributed by atoms with E-state index in [1.807, 2.05) is 24.3 Å². The number of nitro groups is 1. The minimum atomic E-state index is -0.474. The maximum atomic E-state index is 12.2. The minimum absolute atomic E-state index is 0.00744. The Kier molecular flexibility index (Phi) is 5.10. The monoisotopic (exact) mass is 394 g/mol. The van der Waals surface area contributed by atoms with E-state index in [2.05, 4.69) is 10.4 Å². The number of ether oxygens (including phenoxy) is 2. The van der Waals surface area contributed by atoms with E-state index >= 15 is 0 Å². The molecule has 0 aliphatic carbocycles. The average Bonchev–Trinajstić information content (AvgIpc) is 3.14. The normalized spacial score (nSPS) is 15.0. The fraction of sp³-hybridized carbons (Fsp3) is 0.200. The van der Waals surface area contributed by atoms with Gasteiger partial charge in [0.15, 0.2) is 17.6 Å². The van der Waals surface area contributed by atoms with Gasteiger partial charge in [-0.2, -0.15) is 5.10 Å². The van der Waals surface area contributed by atoms with Crippen LogP contribution in [0.1, 0.15) is 5.56 Å². The number of amides is 1. The number of non-ortho nitro benzene ring substituents is 1. The van der Waals surface area contributed by atoms with E-state index in [0.717, 1.165) is 5.75 Å². The van der Waals surface area contributed by atoms with Gasteiger partial charge in [0.25, 0.3) is 5.69 Å². The number of fused-ring (bicyclic) bond motifs is 1. The van der Waals surface area contributed by atoms with Crippen LogP contribution in [0.5, 0.6) is 11.5 Å². The predicted octanol–water partition coefficient (Wildman–Crippen LogP) is 2.81. The third kappa shape index (κ3) is 4.52. The van der Waals surface area contributed by atoms with Gasteiger partial charge in [-0.3, -0.25) is 19.6 Å². The van der Waals surface area contributed by atoms with Crippen molar-refractivity contribution in [1.82, 2.24) is 9.78 Å². The van der Waals surface area contributed by atoms with Gasteiger partial charge in [-0.25, -0.2) is 0 Å². The molecule has 0 saturated carbocycles. The first kappa shape index (κ1) is 18.5. The molecule has 1 atom stereocenters. The Morgan fingerprint density at radius 3 is 2.72 bits per heavy atom. The smallest absolute Gasteiger partial charge is 0.269 e. The van der Waals surface area contributed by atoms with Crippen molar-refractivity contribution in [3.05, 3.63) is 76.6 Å². The van der Waals surface area contributed by atoms with E-state index in [4.69, 9.17) is 9.47 Å². The molecule has 1 aliphatic rings. The lowest BCUT2D eigenvalue weighted by Gasteiger charge is -2.26. The zero-order valence-electron chi connectivity index (χ0n) is 15.4. The molecule has 3 aromatic rings. The van der Waals surface area contributed by atoms with Crippen LogP contribution in [0.2, 0.25) is 0 Å². The summed E-state index contributed by atoms with van der Waals surface area (Å²) < 4.78 is 13.3. The van der Waals surface area contributed by atoms with E-state index in [0.29, 0.717) is 30.2 Å². The van der Waals surface area contributed by atoms with E-state index in [1.54, 1.807) is 29.2 Å². The topological polar surface area (TPSA) is 109 Å². The number of aromatic nitrogens is 2. The number of para-hydroxylation sites is 2. The van der Waals surface area contributed by atoms with Crippen LogP contribution >= 0.6 is 0 Å². The first-order valence-corrected chi connectivity index (χ1v) is 9.01. The summed E-state index contributed by atoms with van der Waals surface area (Å²) in [6.45, 7) is 0.894. The first-order valence-electron chi connectivity index (χ1n) is 9.01. The Balaban J connectivity index is 1.31. The molecule has 0 spiro atoms. The molecule has 9 nitrogen and oxygen atoms in total. The average molecular weight is 394 g/mol. The molecule has 2 aromatic carbocycles. The number of nitrogens with one attached hydrogen (secondary N) is 1. The van der Waals surface area contributed by atoms with Gasteiger partial charge in [0.2, 0.25) is 5.91 Å². The van der Waals surface area contributed by atoms with Gasteiger partial charge in [0.05, 0.1) is 29.8 Å². The van der Waals surface area contributed by atoms with Crippen LogP contribution < -0.4 is 14.8 Å². The second-order valence-corrected chi connectivity index (χ2v) is 6.60. The molecule has 29 heavy (non-hydrogen) atoms. The molecule has 1 aliphatic heterocycles. The largest absolute Gasteiger partial charge is 0.486 e. The SMILES string of the molecule is O=C(Cc1ccc([N+](=O)[O-])cc1)Nc1cnn(CC2COc3ccccc3O2)c1. The second-order valence-electron chi connectivity index (χ2n) is 6.60. The highest BCUT2D eigenvalue weighted by atomic mass is 16.6. The number of hydrogen-bond acceptors (Lipinski definition) is 6. The quantitative estimate of drug-likeness (QED) is 0.509. The number of hydrogen-bond donors (Lipinski definition) is 1. The first-order chi connectivity index (χ1) is 14.1. The molecule has 0 bridgehead atoms. The number of anilines is 1. The van der Waals surface area contributed by atoms with E-state index in [-0.39, 0.29) is 24.1 Å². The fourth-order valence-electron chi connectivity index (χ4n) is 3.02. The van der Waals surface area contributed by atoms with Crippen molar-refractivity contribution in [2.45, 2.75) is 19.1 Å². The summed E-state index contributed by atoms with van der Waals surface area (Å²) in [6, 6.07) is 13.4. The summed E-state index contributed by atoms with van der Waals surface area (Å²) in [4.78, 5) is 22.4. The van der Waals surface area contributed by atoms with Gasteiger partial charge in [-0.05, 0) is 17.7 Å². The van der Waals surface area contributed by atoms with Crippen LogP contribution in [0, 0.1) is 10.1 Å². The van der Waals surface area contributed by atoms with Crippen molar-refractivity contribution in [2.75, 3.05) is 11.9 Å².